The van der Waals surface area contributed by atoms with Gasteiger partial charge in [0.05, 0.1) is 16.8 Å². The molecule has 1 unspecified atom stereocenters. The van der Waals surface area contributed by atoms with E-state index in [1.54, 1.807) is 6.20 Å². The Bertz CT molecular complexity index is 370. The van der Waals surface area contributed by atoms with Crippen LogP contribution in [0.25, 0.3) is 0 Å². The van der Waals surface area contributed by atoms with Gasteiger partial charge in [-0.2, -0.15) is 0 Å². The molecular weight excluding hydrogens is 220 g/mol. The van der Waals surface area contributed by atoms with E-state index in [0.29, 0.717) is 5.02 Å². The molecule has 1 aliphatic carbocycles. The second-order valence-corrected chi connectivity index (χ2v) is 4.58. The highest BCUT2D eigenvalue weighted by Gasteiger charge is 2.17. The fraction of sp³-hybridized carbons (Fsp3) is 0.462. The van der Waals surface area contributed by atoms with Gasteiger partial charge >= 0.3 is 0 Å². The fourth-order valence-corrected chi connectivity index (χ4v) is 2.32. The lowest BCUT2D eigenvalue weighted by Crippen LogP contribution is -2.20. The molecule has 1 atom stereocenters. The molecule has 0 aromatic carbocycles. The minimum atomic E-state index is 0.248. The molecule has 0 aliphatic heterocycles. The number of pyridine rings is 1. The van der Waals surface area contributed by atoms with E-state index in [0.717, 1.165) is 5.69 Å². The van der Waals surface area contributed by atoms with E-state index in [9.17, 15) is 0 Å². The van der Waals surface area contributed by atoms with Crippen LogP contribution >= 0.6 is 11.6 Å². The third-order valence-electron chi connectivity index (χ3n) is 3.03. The van der Waals surface area contributed by atoms with Crippen LogP contribution in [0.3, 0.4) is 0 Å². The zero-order valence-electron chi connectivity index (χ0n) is 9.54. The van der Waals surface area contributed by atoms with Crippen molar-refractivity contribution < 1.29 is 0 Å². The zero-order valence-corrected chi connectivity index (χ0v) is 10.3. The topological polar surface area (TPSA) is 24.9 Å². The Morgan fingerprint density at radius 1 is 1.38 bits per heavy atom. The van der Waals surface area contributed by atoms with Crippen LogP contribution in [0.15, 0.2) is 30.0 Å². The van der Waals surface area contributed by atoms with E-state index in [1.807, 2.05) is 19.2 Å². The Hall–Kier alpha value is -0.860. The van der Waals surface area contributed by atoms with Gasteiger partial charge in [-0.25, -0.2) is 0 Å². The first-order chi connectivity index (χ1) is 7.81. The molecule has 1 aliphatic rings. The number of hydrogen-bond acceptors (Lipinski definition) is 2. The predicted molar refractivity (Wildman–Crippen MR) is 67.6 cm³/mol. The monoisotopic (exact) mass is 236 g/mol. The maximum atomic E-state index is 5.85. The van der Waals surface area contributed by atoms with Crippen LogP contribution in [0.1, 0.15) is 37.4 Å². The molecule has 1 N–H and O–H groups in total. The second kappa shape index (κ2) is 5.46. The van der Waals surface area contributed by atoms with Crippen molar-refractivity contribution in [2.75, 3.05) is 7.05 Å². The van der Waals surface area contributed by atoms with Gasteiger partial charge in [-0.1, -0.05) is 23.3 Å². The molecule has 0 radical (unpaired) electrons. The van der Waals surface area contributed by atoms with Crippen molar-refractivity contribution in [2.24, 2.45) is 0 Å². The van der Waals surface area contributed by atoms with Crippen molar-refractivity contribution in [3.05, 3.63) is 40.7 Å². The second-order valence-electron chi connectivity index (χ2n) is 4.15. The quantitative estimate of drug-likeness (QED) is 0.813. The summed E-state index contributed by atoms with van der Waals surface area (Å²) in [6.45, 7) is 0. The number of aromatic nitrogens is 1. The number of likely N-dealkylation sites (N-methyl/N-ethyl adjacent to an activating group) is 1. The molecule has 0 fully saturated rings. The van der Waals surface area contributed by atoms with Gasteiger partial charge in [-0.3, -0.25) is 4.98 Å². The van der Waals surface area contributed by atoms with Gasteiger partial charge in [0.1, 0.15) is 0 Å². The Morgan fingerprint density at radius 3 is 2.81 bits per heavy atom. The third kappa shape index (κ3) is 2.63. The lowest BCUT2D eigenvalue weighted by molar-refractivity contribution is 0.583. The zero-order chi connectivity index (χ0) is 11.4. The molecule has 2 rings (SSSR count). The third-order valence-corrected chi connectivity index (χ3v) is 3.26. The summed E-state index contributed by atoms with van der Waals surface area (Å²) in [4.78, 5) is 4.39. The molecule has 2 nitrogen and oxygen atoms in total. The van der Waals surface area contributed by atoms with Crippen molar-refractivity contribution in [1.82, 2.24) is 10.3 Å². The van der Waals surface area contributed by atoms with Crippen molar-refractivity contribution in [1.29, 1.82) is 0 Å². The summed E-state index contributed by atoms with van der Waals surface area (Å²) in [6.07, 6.45) is 9.04. The Kier molecular flexibility index (Phi) is 3.97. The lowest BCUT2D eigenvalue weighted by atomic mass is 9.92. The summed E-state index contributed by atoms with van der Waals surface area (Å²) < 4.78 is 0. The number of halogens is 1. The molecule has 1 aromatic rings. The molecule has 0 amide bonds. The van der Waals surface area contributed by atoms with Crippen LogP contribution in [0.2, 0.25) is 5.02 Å². The van der Waals surface area contributed by atoms with Gasteiger partial charge in [-0.05, 0) is 44.9 Å². The van der Waals surface area contributed by atoms with E-state index < -0.39 is 0 Å². The summed E-state index contributed by atoms with van der Waals surface area (Å²) in [6, 6.07) is 4.15. The van der Waals surface area contributed by atoms with Gasteiger partial charge < -0.3 is 5.32 Å². The first kappa shape index (κ1) is 11.6. The van der Waals surface area contributed by atoms with Crippen LogP contribution in [0.4, 0.5) is 0 Å². The van der Waals surface area contributed by atoms with E-state index in [-0.39, 0.29) is 6.04 Å². The average molecular weight is 237 g/mol. The number of hydrogen-bond donors (Lipinski definition) is 1. The van der Waals surface area contributed by atoms with E-state index >= 15 is 0 Å². The normalized spacial score (nSPS) is 18.0. The summed E-state index contributed by atoms with van der Waals surface area (Å²) in [5, 5.41) is 4.02. The van der Waals surface area contributed by atoms with Crippen LogP contribution in [-0.2, 0) is 0 Å². The Balaban J connectivity index is 2.21. The SMILES string of the molecule is CNC(C1=CCCCC1)c1ccc(Cl)cn1. The molecule has 1 heterocycles. The van der Waals surface area contributed by atoms with E-state index in [4.69, 9.17) is 11.6 Å². The predicted octanol–water partition coefficient (Wildman–Crippen LogP) is 3.50. The smallest absolute Gasteiger partial charge is 0.0708 e. The minimum Gasteiger partial charge on any atom is -0.308 e. The summed E-state index contributed by atoms with van der Waals surface area (Å²) >= 11 is 5.85. The highest BCUT2D eigenvalue weighted by molar-refractivity contribution is 6.30. The highest BCUT2D eigenvalue weighted by atomic mass is 35.5. The lowest BCUT2D eigenvalue weighted by Gasteiger charge is -2.22. The fourth-order valence-electron chi connectivity index (χ4n) is 2.21. The van der Waals surface area contributed by atoms with Crippen LogP contribution in [0.5, 0.6) is 0 Å². The Morgan fingerprint density at radius 2 is 2.25 bits per heavy atom. The maximum Gasteiger partial charge on any atom is 0.0708 e. The van der Waals surface area contributed by atoms with Crippen molar-refractivity contribution in [3.63, 3.8) is 0 Å². The highest BCUT2D eigenvalue weighted by Crippen LogP contribution is 2.28. The van der Waals surface area contributed by atoms with Gasteiger partial charge in [0.15, 0.2) is 0 Å². The molecule has 0 spiro atoms. The molecule has 0 saturated heterocycles. The number of nitrogens with one attached hydrogen (secondary N) is 1. The van der Waals surface area contributed by atoms with Crippen LogP contribution in [0, 0.1) is 0 Å². The van der Waals surface area contributed by atoms with E-state index in [1.165, 1.54) is 31.3 Å². The van der Waals surface area contributed by atoms with Crippen molar-refractivity contribution in [2.45, 2.75) is 31.7 Å². The van der Waals surface area contributed by atoms with E-state index in [2.05, 4.69) is 16.4 Å². The molecule has 0 saturated carbocycles. The number of rotatable bonds is 3. The molecular formula is C13H17ClN2. The summed E-state index contributed by atoms with van der Waals surface area (Å²) in [5.74, 6) is 0. The van der Waals surface area contributed by atoms with Crippen molar-refractivity contribution >= 4 is 11.6 Å². The van der Waals surface area contributed by atoms with Gasteiger partial charge in [0.2, 0.25) is 0 Å². The minimum absolute atomic E-state index is 0.248. The standard InChI is InChI=1S/C13H17ClN2/c1-15-13(10-5-3-2-4-6-10)12-8-7-11(14)9-16-12/h5,7-9,13,15H,2-4,6H2,1H3. The summed E-state index contributed by atoms with van der Waals surface area (Å²) in [5.41, 5.74) is 2.52. The largest absolute Gasteiger partial charge is 0.308 e. The Labute approximate surface area is 102 Å². The van der Waals surface area contributed by atoms with Gasteiger partial charge in [0, 0.05) is 6.20 Å². The van der Waals surface area contributed by atoms with Crippen molar-refractivity contribution in [3.8, 4) is 0 Å². The molecule has 86 valence electrons. The van der Waals surface area contributed by atoms with Crippen LogP contribution < -0.4 is 5.32 Å². The van der Waals surface area contributed by atoms with Gasteiger partial charge in [-0.15, -0.1) is 0 Å². The molecule has 16 heavy (non-hydrogen) atoms. The number of allylic oxidation sites excluding steroid dienone is 1. The molecule has 0 bridgehead atoms. The molecule has 1 aromatic heterocycles. The van der Waals surface area contributed by atoms with Gasteiger partial charge in [0.25, 0.3) is 0 Å². The average Bonchev–Trinajstić information content (AvgIpc) is 2.34. The molecule has 3 heteroatoms. The van der Waals surface area contributed by atoms with Crippen LogP contribution in [-0.4, -0.2) is 12.0 Å². The maximum absolute atomic E-state index is 5.85. The number of nitrogens with zero attached hydrogens (tertiary/aromatic N) is 1. The first-order valence-electron chi connectivity index (χ1n) is 5.79. The first-order valence-corrected chi connectivity index (χ1v) is 6.16. The summed E-state index contributed by atoms with van der Waals surface area (Å²) in [7, 11) is 1.98.